The highest BCUT2D eigenvalue weighted by molar-refractivity contribution is 5.60. The van der Waals surface area contributed by atoms with Crippen molar-refractivity contribution in [2.24, 2.45) is 0 Å². The normalized spacial score (nSPS) is 10.9. The van der Waals surface area contributed by atoms with E-state index in [4.69, 9.17) is 9.47 Å². The van der Waals surface area contributed by atoms with E-state index in [1.165, 1.54) is 11.1 Å². The van der Waals surface area contributed by atoms with Crippen LogP contribution < -0.4 is 9.47 Å². The van der Waals surface area contributed by atoms with Gasteiger partial charge >= 0.3 is 0 Å². The second kappa shape index (κ2) is 10.5. The first kappa shape index (κ1) is 22.2. The third-order valence-electron chi connectivity index (χ3n) is 5.72. The second-order valence-corrected chi connectivity index (χ2v) is 7.73. The number of hydrogen-bond acceptors (Lipinski definition) is 2. The summed E-state index contributed by atoms with van der Waals surface area (Å²) in [7, 11) is 0. The summed E-state index contributed by atoms with van der Waals surface area (Å²) < 4.78 is 11.5. The van der Waals surface area contributed by atoms with Crippen LogP contribution in [0.2, 0.25) is 0 Å². The van der Waals surface area contributed by atoms with Crippen LogP contribution in [0.1, 0.15) is 22.3 Å². The summed E-state index contributed by atoms with van der Waals surface area (Å²) >= 11 is 0. The van der Waals surface area contributed by atoms with Gasteiger partial charge in [-0.05, 0) is 46.5 Å². The molecule has 0 saturated carbocycles. The lowest BCUT2D eigenvalue weighted by Crippen LogP contribution is -2.31. The second-order valence-electron chi connectivity index (χ2n) is 7.73. The maximum absolute atomic E-state index is 5.75. The van der Waals surface area contributed by atoms with Gasteiger partial charge in [-0.15, -0.1) is 0 Å². The largest absolute Gasteiger partial charge is 0.490 e. The van der Waals surface area contributed by atoms with E-state index < -0.39 is 5.41 Å². The maximum Gasteiger partial charge on any atom is 0.119 e. The fourth-order valence-corrected chi connectivity index (χ4v) is 4.29. The van der Waals surface area contributed by atoms with E-state index in [1.54, 1.807) is 12.2 Å². The minimum Gasteiger partial charge on any atom is -0.490 e. The zero-order valence-corrected chi connectivity index (χ0v) is 18.7. The molecule has 0 aliphatic heterocycles. The molecule has 0 unspecified atom stereocenters. The Morgan fingerprint density at radius 3 is 1.15 bits per heavy atom. The van der Waals surface area contributed by atoms with Crippen molar-refractivity contribution in [1.82, 2.24) is 0 Å². The summed E-state index contributed by atoms with van der Waals surface area (Å²) in [6, 6.07) is 38.0. The quantitative estimate of drug-likeness (QED) is 0.195. The van der Waals surface area contributed by atoms with Gasteiger partial charge in [0, 0.05) is 0 Å². The fraction of sp³-hybridized carbons (Fsp3) is 0.0968. The molecule has 0 fully saturated rings. The van der Waals surface area contributed by atoms with Gasteiger partial charge in [-0.3, -0.25) is 0 Å². The molecule has 0 aromatic heterocycles. The Morgan fingerprint density at radius 1 is 0.485 bits per heavy atom. The lowest BCUT2D eigenvalue weighted by Gasteiger charge is -2.37. The van der Waals surface area contributed by atoms with Crippen LogP contribution in [0.15, 0.2) is 135 Å². The lowest BCUT2D eigenvalue weighted by atomic mass is 9.65. The maximum atomic E-state index is 5.75. The fourth-order valence-electron chi connectivity index (χ4n) is 4.29. The van der Waals surface area contributed by atoms with E-state index in [0.29, 0.717) is 13.2 Å². The van der Waals surface area contributed by atoms with Gasteiger partial charge in [-0.25, -0.2) is 0 Å². The molecule has 0 radical (unpaired) electrons. The Balaban J connectivity index is 1.93. The average Bonchev–Trinajstić information content (AvgIpc) is 2.89. The third-order valence-corrected chi connectivity index (χ3v) is 5.72. The summed E-state index contributed by atoms with van der Waals surface area (Å²) in [5.74, 6) is 1.64. The monoisotopic (exact) mass is 432 g/mol. The molecule has 4 aromatic rings. The summed E-state index contributed by atoms with van der Waals surface area (Å²) in [6.45, 7) is 8.43. The molecule has 0 saturated heterocycles. The van der Waals surface area contributed by atoms with E-state index in [-0.39, 0.29) is 0 Å². The molecule has 4 rings (SSSR count). The molecule has 4 aromatic carbocycles. The standard InChI is InChI=1S/C31H28O2/c1-3-23-32-29-19-15-27(16-20-29)31(25-11-7-5-8-12-25,26-13-9-6-10-14-26)28-17-21-30(22-18-28)33-24-4-2/h3-22H,1-2,23-24H2. The molecule has 33 heavy (non-hydrogen) atoms. The number of hydrogen-bond donors (Lipinski definition) is 0. The SMILES string of the molecule is C=CCOc1ccc(C(c2ccccc2)(c2ccccc2)c2ccc(OCC=C)cc2)cc1. The molecule has 2 heteroatoms. The predicted molar refractivity (Wildman–Crippen MR) is 136 cm³/mol. The van der Waals surface area contributed by atoms with Crippen molar-refractivity contribution in [3.63, 3.8) is 0 Å². The first-order chi connectivity index (χ1) is 16.3. The van der Waals surface area contributed by atoms with Crippen LogP contribution in [-0.4, -0.2) is 13.2 Å². The Morgan fingerprint density at radius 2 is 0.818 bits per heavy atom. The molecule has 2 nitrogen and oxygen atoms in total. The highest BCUT2D eigenvalue weighted by Gasteiger charge is 2.38. The van der Waals surface area contributed by atoms with E-state index in [1.807, 2.05) is 24.3 Å². The van der Waals surface area contributed by atoms with Gasteiger partial charge in [0.1, 0.15) is 24.7 Å². The third kappa shape index (κ3) is 4.61. The van der Waals surface area contributed by atoms with Gasteiger partial charge in [0.2, 0.25) is 0 Å². The molecule has 0 aliphatic rings. The van der Waals surface area contributed by atoms with Gasteiger partial charge in [0.15, 0.2) is 0 Å². The summed E-state index contributed by atoms with van der Waals surface area (Å²) in [5, 5.41) is 0. The predicted octanol–water partition coefficient (Wildman–Crippen LogP) is 7.20. The van der Waals surface area contributed by atoms with Crippen LogP contribution in [0.25, 0.3) is 0 Å². The average molecular weight is 433 g/mol. The van der Waals surface area contributed by atoms with Crippen LogP contribution in [0.4, 0.5) is 0 Å². The van der Waals surface area contributed by atoms with Gasteiger partial charge in [0.25, 0.3) is 0 Å². The van der Waals surface area contributed by atoms with Crippen molar-refractivity contribution < 1.29 is 9.47 Å². The van der Waals surface area contributed by atoms with Gasteiger partial charge in [-0.1, -0.05) is 110 Å². The van der Waals surface area contributed by atoms with Crippen molar-refractivity contribution in [2.45, 2.75) is 5.41 Å². The van der Waals surface area contributed by atoms with Crippen LogP contribution in [-0.2, 0) is 5.41 Å². The number of ether oxygens (including phenoxy) is 2. The molecular formula is C31H28O2. The smallest absolute Gasteiger partial charge is 0.119 e. The Bertz CT molecular complexity index is 1060. The lowest BCUT2D eigenvalue weighted by molar-refractivity contribution is 0.363. The Hall–Kier alpha value is -4.04. The molecular weight excluding hydrogens is 404 g/mol. The van der Waals surface area contributed by atoms with E-state index in [2.05, 4.69) is 98.1 Å². The number of rotatable bonds is 10. The molecule has 0 heterocycles. The minimum atomic E-state index is -0.504. The molecule has 0 spiro atoms. The van der Waals surface area contributed by atoms with Gasteiger partial charge in [-0.2, -0.15) is 0 Å². The van der Waals surface area contributed by atoms with Crippen molar-refractivity contribution in [2.75, 3.05) is 13.2 Å². The van der Waals surface area contributed by atoms with Crippen molar-refractivity contribution in [3.8, 4) is 11.5 Å². The zero-order chi connectivity index (χ0) is 22.9. The summed E-state index contributed by atoms with van der Waals surface area (Å²) in [5.41, 5.74) is 4.19. The van der Waals surface area contributed by atoms with E-state index >= 15 is 0 Å². The van der Waals surface area contributed by atoms with Gasteiger partial charge in [0.05, 0.1) is 5.41 Å². The highest BCUT2D eigenvalue weighted by Crippen LogP contribution is 2.45. The molecule has 164 valence electrons. The van der Waals surface area contributed by atoms with Crippen LogP contribution in [0.5, 0.6) is 11.5 Å². The molecule has 0 N–H and O–H groups in total. The topological polar surface area (TPSA) is 18.5 Å². The van der Waals surface area contributed by atoms with E-state index in [0.717, 1.165) is 22.6 Å². The van der Waals surface area contributed by atoms with Gasteiger partial charge < -0.3 is 9.47 Å². The van der Waals surface area contributed by atoms with Crippen LogP contribution in [0, 0.1) is 0 Å². The first-order valence-corrected chi connectivity index (χ1v) is 11.1. The zero-order valence-electron chi connectivity index (χ0n) is 18.7. The minimum absolute atomic E-state index is 0.480. The molecule has 0 amide bonds. The Kier molecular flexibility index (Phi) is 7.06. The highest BCUT2D eigenvalue weighted by atomic mass is 16.5. The molecule has 0 aliphatic carbocycles. The van der Waals surface area contributed by atoms with Crippen molar-refractivity contribution in [3.05, 3.63) is 157 Å². The van der Waals surface area contributed by atoms with Crippen molar-refractivity contribution in [1.29, 1.82) is 0 Å². The van der Waals surface area contributed by atoms with Crippen molar-refractivity contribution >= 4 is 0 Å². The molecule has 0 bridgehead atoms. The first-order valence-electron chi connectivity index (χ1n) is 11.1. The summed E-state index contributed by atoms with van der Waals surface area (Å²) in [4.78, 5) is 0. The van der Waals surface area contributed by atoms with E-state index in [9.17, 15) is 0 Å². The van der Waals surface area contributed by atoms with Crippen LogP contribution >= 0.6 is 0 Å². The van der Waals surface area contributed by atoms with Crippen LogP contribution in [0.3, 0.4) is 0 Å². The molecule has 0 atom stereocenters. The summed E-state index contributed by atoms with van der Waals surface area (Å²) in [6.07, 6.45) is 3.50. The number of benzene rings is 4. The Labute approximate surface area is 196 Å².